The number of rotatable bonds is 1. The molecule has 0 radical (unpaired) electrons. The van der Waals surface area contributed by atoms with Gasteiger partial charge in [-0.1, -0.05) is 0 Å². The number of amides is 1. The summed E-state index contributed by atoms with van der Waals surface area (Å²) in [7, 11) is 0. The number of carbonyl (C=O) groups is 1. The molecule has 1 amide bonds. The van der Waals surface area contributed by atoms with Gasteiger partial charge in [-0.25, -0.2) is 4.98 Å². The Bertz CT molecular complexity index is 390. The van der Waals surface area contributed by atoms with Gasteiger partial charge in [0.15, 0.2) is 0 Å². The molecule has 0 aliphatic carbocycles. The van der Waals surface area contributed by atoms with Crippen LogP contribution in [0.15, 0.2) is 5.38 Å². The fourth-order valence-electron chi connectivity index (χ4n) is 1.82. The maximum atomic E-state index is 12.0. The maximum absolute atomic E-state index is 12.0. The Labute approximate surface area is 98.9 Å². The topological polar surface area (TPSA) is 53.4 Å². The Balaban J connectivity index is 2.02. The van der Waals surface area contributed by atoms with E-state index >= 15 is 0 Å². The van der Waals surface area contributed by atoms with Gasteiger partial charge in [0.2, 0.25) is 0 Å². The van der Waals surface area contributed by atoms with Crippen molar-refractivity contribution in [2.24, 2.45) is 0 Å². The summed E-state index contributed by atoms with van der Waals surface area (Å²) in [6.45, 7) is 4.94. The number of hydrogen-bond donors (Lipinski definition) is 1. The van der Waals surface area contributed by atoms with Gasteiger partial charge in [0.1, 0.15) is 5.69 Å². The van der Waals surface area contributed by atoms with Crippen LogP contribution in [0.5, 0.6) is 0 Å². The summed E-state index contributed by atoms with van der Waals surface area (Å²) in [6, 6.07) is 0. The Morgan fingerprint density at radius 1 is 1.56 bits per heavy atom. The van der Waals surface area contributed by atoms with Gasteiger partial charge in [0, 0.05) is 18.5 Å². The molecule has 0 aromatic carbocycles. The number of aromatic nitrogens is 1. The van der Waals surface area contributed by atoms with Crippen molar-refractivity contribution in [1.82, 2.24) is 9.88 Å². The highest BCUT2D eigenvalue weighted by molar-refractivity contribution is 7.09. The van der Waals surface area contributed by atoms with Crippen molar-refractivity contribution >= 4 is 17.2 Å². The molecule has 1 aliphatic heterocycles. The van der Waals surface area contributed by atoms with Gasteiger partial charge in [0.05, 0.1) is 10.6 Å². The second-order valence-corrected chi connectivity index (χ2v) is 5.60. The van der Waals surface area contributed by atoms with Crippen molar-refractivity contribution in [2.75, 3.05) is 13.1 Å². The first-order valence-electron chi connectivity index (χ1n) is 5.42. The largest absolute Gasteiger partial charge is 0.390 e. The number of piperidine rings is 1. The number of thiazole rings is 1. The molecular weight excluding hydrogens is 224 g/mol. The van der Waals surface area contributed by atoms with Crippen LogP contribution in [0.25, 0.3) is 0 Å². The van der Waals surface area contributed by atoms with Gasteiger partial charge >= 0.3 is 0 Å². The molecule has 0 atom stereocenters. The van der Waals surface area contributed by atoms with Crippen molar-refractivity contribution in [2.45, 2.75) is 32.3 Å². The lowest BCUT2D eigenvalue weighted by Gasteiger charge is -2.35. The van der Waals surface area contributed by atoms with Crippen LogP contribution in [0.4, 0.5) is 0 Å². The lowest BCUT2D eigenvalue weighted by Crippen LogP contribution is -2.45. The Morgan fingerprint density at radius 2 is 2.19 bits per heavy atom. The van der Waals surface area contributed by atoms with Crippen molar-refractivity contribution < 1.29 is 9.90 Å². The summed E-state index contributed by atoms with van der Waals surface area (Å²) in [6.07, 6.45) is 1.28. The van der Waals surface area contributed by atoms with E-state index in [9.17, 15) is 9.90 Å². The number of aryl methyl sites for hydroxylation is 1. The average Bonchev–Trinajstić information content (AvgIpc) is 2.64. The van der Waals surface area contributed by atoms with Crippen LogP contribution in [0.3, 0.4) is 0 Å². The molecule has 1 aromatic rings. The fraction of sp³-hybridized carbons (Fsp3) is 0.636. The summed E-state index contributed by atoms with van der Waals surface area (Å²) in [5.41, 5.74) is -0.0848. The molecule has 0 saturated carbocycles. The van der Waals surface area contributed by atoms with E-state index in [1.54, 1.807) is 10.3 Å². The number of carbonyl (C=O) groups excluding carboxylic acids is 1. The van der Waals surface area contributed by atoms with Gasteiger partial charge < -0.3 is 10.0 Å². The van der Waals surface area contributed by atoms with Crippen LogP contribution in [0.1, 0.15) is 35.3 Å². The van der Waals surface area contributed by atoms with E-state index in [0.717, 1.165) is 5.01 Å². The first-order chi connectivity index (χ1) is 7.48. The third kappa shape index (κ3) is 2.41. The maximum Gasteiger partial charge on any atom is 0.273 e. The molecule has 1 N–H and O–H groups in total. The predicted molar refractivity (Wildman–Crippen MR) is 62.6 cm³/mol. The number of aliphatic hydroxyl groups is 1. The van der Waals surface area contributed by atoms with Gasteiger partial charge in [0.25, 0.3) is 5.91 Å². The average molecular weight is 240 g/mol. The van der Waals surface area contributed by atoms with Gasteiger partial charge in [-0.05, 0) is 26.7 Å². The molecule has 1 saturated heterocycles. The lowest BCUT2D eigenvalue weighted by atomic mass is 9.94. The number of likely N-dealkylation sites (tertiary alicyclic amines) is 1. The van der Waals surface area contributed by atoms with Gasteiger partial charge in [-0.3, -0.25) is 4.79 Å². The second kappa shape index (κ2) is 4.14. The molecule has 2 heterocycles. The molecule has 0 unspecified atom stereocenters. The lowest BCUT2D eigenvalue weighted by molar-refractivity contribution is -0.00217. The highest BCUT2D eigenvalue weighted by Crippen LogP contribution is 2.22. The number of hydrogen-bond acceptors (Lipinski definition) is 4. The zero-order chi connectivity index (χ0) is 11.8. The van der Waals surface area contributed by atoms with Crippen LogP contribution in [-0.4, -0.2) is 39.6 Å². The summed E-state index contributed by atoms with van der Waals surface area (Å²) in [4.78, 5) is 18.0. The SMILES string of the molecule is Cc1nc(C(=O)N2CCC(C)(O)CC2)cs1. The molecule has 88 valence electrons. The van der Waals surface area contributed by atoms with E-state index in [4.69, 9.17) is 0 Å². The van der Waals surface area contributed by atoms with E-state index in [0.29, 0.717) is 31.6 Å². The molecule has 1 aliphatic rings. The second-order valence-electron chi connectivity index (χ2n) is 4.54. The predicted octanol–water partition coefficient (Wildman–Crippen LogP) is 1.44. The van der Waals surface area contributed by atoms with Crippen molar-refractivity contribution in [1.29, 1.82) is 0 Å². The summed E-state index contributed by atoms with van der Waals surface area (Å²) in [5.74, 6) is -0.0140. The molecule has 5 heteroatoms. The summed E-state index contributed by atoms with van der Waals surface area (Å²) >= 11 is 1.49. The Hall–Kier alpha value is -0.940. The zero-order valence-corrected chi connectivity index (χ0v) is 10.4. The molecule has 0 bridgehead atoms. The standard InChI is InChI=1S/C11H16N2O2S/c1-8-12-9(7-16-8)10(14)13-5-3-11(2,15)4-6-13/h7,15H,3-6H2,1-2H3. The highest BCUT2D eigenvalue weighted by Gasteiger charge is 2.30. The van der Waals surface area contributed by atoms with Crippen molar-refractivity contribution in [3.63, 3.8) is 0 Å². The monoisotopic (exact) mass is 240 g/mol. The summed E-state index contributed by atoms with van der Waals surface area (Å²) in [5, 5.41) is 12.5. The van der Waals surface area contributed by atoms with E-state index in [-0.39, 0.29) is 5.91 Å². The minimum absolute atomic E-state index is 0.0140. The minimum Gasteiger partial charge on any atom is -0.390 e. The van der Waals surface area contributed by atoms with E-state index in [2.05, 4.69) is 4.98 Å². The minimum atomic E-state index is -0.616. The van der Waals surface area contributed by atoms with Crippen LogP contribution in [-0.2, 0) is 0 Å². The Kier molecular flexibility index (Phi) is 2.99. The zero-order valence-electron chi connectivity index (χ0n) is 9.56. The van der Waals surface area contributed by atoms with Crippen LogP contribution in [0, 0.1) is 6.92 Å². The van der Waals surface area contributed by atoms with Crippen molar-refractivity contribution in [3.05, 3.63) is 16.1 Å². The first-order valence-corrected chi connectivity index (χ1v) is 6.30. The van der Waals surface area contributed by atoms with Gasteiger partial charge in [-0.15, -0.1) is 11.3 Å². The third-order valence-corrected chi connectivity index (χ3v) is 3.74. The molecule has 1 fully saturated rings. The van der Waals surface area contributed by atoms with Gasteiger partial charge in [-0.2, -0.15) is 0 Å². The molecule has 0 spiro atoms. The van der Waals surface area contributed by atoms with Crippen molar-refractivity contribution in [3.8, 4) is 0 Å². The number of nitrogens with zero attached hydrogens (tertiary/aromatic N) is 2. The molecule has 4 nitrogen and oxygen atoms in total. The Morgan fingerprint density at radius 3 is 2.69 bits per heavy atom. The quantitative estimate of drug-likeness (QED) is 0.808. The van der Waals surface area contributed by atoms with E-state index < -0.39 is 5.60 Å². The molecule has 1 aromatic heterocycles. The molecule has 2 rings (SSSR count). The van der Waals surface area contributed by atoms with E-state index in [1.807, 2.05) is 13.8 Å². The smallest absolute Gasteiger partial charge is 0.273 e. The van der Waals surface area contributed by atoms with Crippen LogP contribution < -0.4 is 0 Å². The first kappa shape index (κ1) is 11.5. The molecular formula is C11H16N2O2S. The third-order valence-electron chi connectivity index (χ3n) is 2.97. The highest BCUT2D eigenvalue weighted by atomic mass is 32.1. The fourth-order valence-corrected chi connectivity index (χ4v) is 2.40. The van der Waals surface area contributed by atoms with Crippen LogP contribution in [0.2, 0.25) is 0 Å². The molecule has 16 heavy (non-hydrogen) atoms. The van der Waals surface area contributed by atoms with E-state index in [1.165, 1.54) is 11.3 Å². The summed E-state index contributed by atoms with van der Waals surface area (Å²) < 4.78 is 0. The normalized spacial score (nSPS) is 19.8. The van der Waals surface area contributed by atoms with Crippen LogP contribution >= 0.6 is 11.3 Å².